The minimum Gasteiger partial charge on any atom is -0.391 e. The number of aromatic nitrogens is 2. The Bertz CT molecular complexity index is 527. The van der Waals surface area contributed by atoms with Crippen LogP contribution in [0.4, 0.5) is 0 Å². The van der Waals surface area contributed by atoms with E-state index in [-0.39, 0.29) is 17.4 Å². The van der Waals surface area contributed by atoms with Gasteiger partial charge in [-0.25, -0.2) is 4.98 Å². The van der Waals surface area contributed by atoms with Crippen LogP contribution in [0.25, 0.3) is 0 Å². The number of amides is 1. The molecule has 6 nitrogen and oxygen atoms in total. The fourth-order valence-corrected chi connectivity index (χ4v) is 2.90. The highest BCUT2D eigenvalue weighted by atomic mass is 16.3. The van der Waals surface area contributed by atoms with E-state index in [2.05, 4.69) is 35.2 Å². The fraction of sp³-hybridized carbons (Fsp3) is 0.778. The number of β-amino-alcohol motifs (C(OH)–C–C–N with tert-alkyl or cyclic N) is 1. The van der Waals surface area contributed by atoms with Crippen LogP contribution in [0.2, 0.25) is 0 Å². The summed E-state index contributed by atoms with van der Waals surface area (Å²) in [5, 5.41) is 10.2. The van der Waals surface area contributed by atoms with Crippen molar-refractivity contribution in [3.63, 3.8) is 0 Å². The summed E-state index contributed by atoms with van der Waals surface area (Å²) in [4.78, 5) is 20.7. The second-order valence-electron chi connectivity index (χ2n) is 7.83. The van der Waals surface area contributed by atoms with Crippen LogP contribution in [0.15, 0.2) is 12.4 Å². The van der Waals surface area contributed by atoms with Gasteiger partial charge in [-0.3, -0.25) is 9.69 Å². The molecule has 0 aliphatic carbocycles. The number of hydrogen-bond donors (Lipinski definition) is 1. The number of carbonyl (C=O) groups excluding carboxylic acids is 1. The molecule has 1 aliphatic heterocycles. The molecule has 0 saturated carbocycles. The van der Waals surface area contributed by atoms with Crippen molar-refractivity contribution in [1.29, 1.82) is 0 Å². The van der Waals surface area contributed by atoms with E-state index >= 15 is 0 Å². The Balaban J connectivity index is 1.68. The first kappa shape index (κ1) is 18.9. The average molecular weight is 336 g/mol. The zero-order valence-electron chi connectivity index (χ0n) is 15.5. The lowest BCUT2D eigenvalue weighted by atomic mass is 9.89. The molecule has 1 N–H and O–H groups in total. The van der Waals surface area contributed by atoms with Crippen LogP contribution >= 0.6 is 0 Å². The molecule has 1 amide bonds. The molecule has 0 aromatic carbocycles. The van der Waals surface area contributed by atoms with Gasteiger partial charge >= 0.3 is 0 Å². The summed E-state index contributed by atoms with van der Waals surface area (Å²) in [6, 6.07) is 0. The second-order valence-corrected chi connectivity index (χ2v) is 7.83. The van der Waals surface area contributed by atoms with Crippen molar-refractivity contribution in [2.24, 2.45) is 5.41 Å². The zero-order valence-corrected chi connectivity index (χ0v) is 15.5. The summed E-state index contributed by atoms with van der Waals surface area (Å²) in [6.45, 7) is 12.9. The van der Waals surface area contributed by atoms with Crippen molar-refractivity contribution in [1.82, 2.24) is 19.4 Å². The molecule has 0 spiro atoms. The minimum atomic E-state index is -0.335. The molecular weight excluding hydrogens is 304 g/mol. The maximum Gasteiger partial charge on any atom is 0.222 e. The number of imidazole rings is 1. The highest BCUT2D eigenvalue weighted by Crippen LogP contribution is 2.20. The Morgan fingerprint density at radius 1 is 1.29 bits per heavy atom. The number of piperazine rings is 1. The standard InChI is InChI=1S/C18H32N4O2/c1-15-19-7-9-21(15)8-5-6-17(24)22-12-10-20(11-13-22)14-16(23)18(2,3)4/h7,9,16,23H,5-6,8,10-14H2,1-4H3/t16-/m0/s1. The first-order chi connectivity index (χ1) is 11.3. The van der Waals surface area contributed by atoms with Crippen molar-refractivity contribution < 1.29 is 9.90 Å². The lowest BCUT2D eigenvalue weighted by Crippen LogP contribution is -2.51. The maximum absolute atomic E-state index is 12.3. The Morgan fingerprint density at radius 3 is 2.50 bits per heavy atom. The van der Waals surface area contributed by atoms with Gasteiger partial charge in [0, 0.05) is 58.1 Å². The van der Waals surface area contributed by atoms with E-state index < -0.39 is 0 Å². The molecule has 0 bridgehead atoms. The zero-order chi connectivity index (χ0) is 17.7. The van der Waals surface area contributed by atoms with Crippen LogP contribution in [-0.4, -0.2) is 69.2 Å². The smallest absolute Gasteiger partial charge is 0.222 e. The Hall–Kier alpha value is -1.40. The summed E-state index contributed by atoms with van der Waals surface area (Å²) < 4.78 is 2.08. The number of aliphatic hydroxyl groups is 1. The van der Waals surface area contributed by atoms with Crippen LogP contribution in [0.1, 0.15) is 39.4 Å². The molecule has 1 aliphatic rings. The van der Waals surface area contributed by atoms with Crippen LogP contribution in [0, 0.1) is 12.3 Å². The van der Waals surface area contributed by atoms with E-state index in [0.29, 0.717) is 13.0 Å². The van der Waals surface area contributed by atoms with E-state index in [1.165, 1.54) is 0 Å². The van der Waals surface area contributed by atoms with E-state index in [1.54, 1.807) is 6.20 Å². The second kappa shape index (κ2) is 8.12. The summed E-state index contributed by atoms with van der Waals surface area (Å²) in [5.74, 6) is 1.23. The van der Waals surface area contributed by atoms with Crippen LogP contribution in [-0.2, 0) is 11.3 Å². The molecule has 0 unspecified atom stereocenters. The number of aliphatic hydroxyl groups excluding tert-OH is 1. The highest BCUT2D eigenvalue weighted by molar-refractivity contribution is 5.76. The third kappa shape index (κ3) is 5.31. The van der Waals surface area contributed by atoms with Gasteiger partial charge in [-0.1, -0.05) is 20.8 Å². The topological polar surface area (TPSA) is 61.6 Å². The van der Waals surface area contributed by atoms with Crippen molar-refractivity contribution in [2.45, 2.75) is 53.2 Å². The van der Waals surface area contributed by atoms with Crippen LogP contribution in [0.5, 0.6) is 0 Å². The molecule has 136 valence electrons. The average Bonchev–Trinajstić information content (AvgIpc) is 2.92. The van der Waals surface area contributed by atoms with Crippen LogP contribution in [0.3, 0.4) is 0 Å². The van der Waals surface area contributed by atoms with Gasteiger partial charge in [0.05, 0.1) is 6.10 Å². The first-order valence-electron chi connectivity index (χ1n) is 8.93. The maximum atomic E-state index is 12.3. The minimum absolute atomic E-state index is 0.0988. The van der Waals surface area contributed by atoms with Crippen molar-refractivity contribution in [2.75, 3.05) is 32.7 Å². The third-order valence-electron chi connectivity index (χ3n) is 4.87. The van der Waals surface area contributed by atoms with Gasteiger partial charge in [-0.05, 0) is 18.8 Å². The predicted molar refractivity (Wildman–Crippen MR) is 94.7 cm³/mol. The molecule has 2 rings (SSSR count). The quantitative estimate of drug-likeness (QED) is 0.856. The highest BCUT2D eigenvalue weighted by Gasteiger charge is 2.27. The lowest BCUT2D eigenvalue weighted by molar-refractivity contribution is -0.133. The molecular formula is C18H32N4O2. The number of nitrogens with zero attached hydrogens (tertiary/aromatic N) is 4. The van der Waals surface area contributed by atoms with Crippen LogP contribution < -0.4 is 0 Å². The van der Waals surface area contributed by atoms with Gasteiger partial charge in [0.1, 0.15) is 5.82 Å². The first-order valence-corrected chi connectivity index (χ1v) is 8.93. The number of rotatable bonds is 6. The van der Waals surface area contributed by atoms with Gasteiger partial charge in [0.25, 0.3) is 0 Å². The largest absolute Gasteiger partial charge is 0.391 e. The molecule has 1 saturated heterocycles. The van der Waals surface area contributed by atoms with Crippen molar-refractivity contribution in [3.8, 4) is 0 Å². The predicted octanol–water partition coefficient (Wildman–Crippen LogP) is 1.52. The van der Waals surface area contributed by atoms with Gasteiger partial charge in [-0.2, -0.15) is 0 Å². The molecule has 1 aromatic rings. The van der Waals surface area contributed by atoms with Crippen molar-refractivity contribution in [3.05, 3.63) is 18.2 Å². The van der Waals surface area contributed by atoms with Crippen molar-refractivity contribution >= 4 is 5.91 Å². The number of hydrogen-bond acceptors (Lipinski definition) is 4. The Kier molecular flexibility index (Phi) is 6.40. The molecule has 1 atom stereocenters. The Labute approximate surface area is 145 Å². The van der Waals surface area contributed by atoms with Gasteiger partial charge in [0.15, 0.2) is 0 Å². The van der Waals surface area contributed by atoms with Gasteiger partial charge in [-0.15, -0.1) is 0 Å². The van der Waals surface area contributed by atoms with E-state index in [9.17, 15) is 9.90 Å². The van der Waals surface area contributed by atoms with E-state index in [1.807, 2.05) is 18.0 Å². The summed E-state index contributed by atoms with van der Waals surface area (Å²) in [6.07, 6.45) is 4.85. The SMILES string of the molecule is Cc1nccn1CCCC(=O)N1CCN(C[C@H](O)C(C)(C)C)CC1. The van der Waals surface area contributed by atoms with E-state index in [0.717, 1.165) is 45.0 Å². The molecule has 1 fully saturated rings. The molecule has 0 radical (unpaired) electrons. The number of carbonyl (C=O) groups is 1. The number of aryl methyl sites for hydroxylation is 2. The monoisotopic (exact) mass is 336 g/mol. The van der Waals surface area contributed by atoms with Gasteiger partial charge < -0.3 is 14.6 Å². The Morgan fingerprint density at radius 2 is 1.96 bits per heavy atom. The van der Waals surface area contributed by atoms with E-state index in [4.69, 9.17) is 0 Å². The summed E-state index contributed by atoms with van der Waals surface area (Å²) in [7, 11) is 0. The third-order valence-corrected chi connectivity index (χ3v) is 4.87. The summed E-state index contributed by atoms with van der Waals surface area (Å²) in [5.41, 5.74) is -0.0988. The molecule has 24 heavy (non-hydrogen) atoms. The summed E-state index contributed by atoms with van der Waals surface area (Å²) >= 11 is 0. The normalized spacial score (nSPS) is 18.0. The van der Waals surface area contributed by atoms with Gasteiger partial charge in [0.2, 0.25) is 5.91 Å². The molecule has 1 aromatic heterocycles. The lowest BCUT2D eigenvalue weighted by Gasteiger charge is -2.38. The molecule has 6 heteroatoms. The fourth-order valence-electron chi connectivity index (χ4n) is 2.90. The molecule has 2 heterocycles.